The first-order chi connectivity index (χ1) is 7.74. The molecule has 8 heteroatoms. The maximum atomic E-state index is 11.7. The summed E-state index contributed by atoms with van der Waals surface area (Å²) in [6.07, 6.45) is 0.787. The fourth-order valence-electron chi connectivity index (χ4n) is 1.26. The monoisotopic (exact) mass is 300 g/mol. The Morgan fingerprint density at radius 3 is 1.89 bits per heavy atom. The number of rotatable bonds is 5. The first-order valence-electron chi connectivity index (χ1n) is 5.00. The summed E-state index contributed by atoms with van der Waals surface area (Å²) >= 11 is 0. The van der Waals surface area contributed by atoms with Crippen LogP contribution in [-0.4, -0.2) is 32.9 Å². The van der Waals surface area contributed by atoms with Crippen LogP contribution in [0.5, 0.6) is 0 Å². The molecule has 0 unspecified atom stereocenters. The SMILES string of the molecule is CCc1ccc(S(=O)(=O)CCS(=O)(=O)[O-])cc1.[Na+]. The minimum Gasteiger partial charge on any atom is -0.748 e. The quantitative estimate of drug-likeness (QED) is 0.445. The minimum atomic E-state index is -4.51. The van der Waals surface area contributed by atoms with Crippen molar-refractivity contribution in [1.29, 1.82) is 0 Å². The van der Waals surface area contributed by atoms with Gasteiger partial charge in [-0.2, -0.15) is 0 Å². The van der Waals surface area contributed by atoms with Crippen molar-refractivity contribution in [1.82, 2.24) is 0 Å². The zero-order valence-electron chi connectivity index (χ0n) is 10.3. The van der Waals surface area contributed by atoms with Crippen LogP contribution < -0.4 is 29.6 Å². The van der Waals surface area contributed by atoms with E-state index < -0.39 is 31.5 Å². The molecule has 18 heavy (non-hydrogen) atoms. The Bertz CT molecular complexity index is 575. The van der Waals surface area contributed by atoms with Crippen molar-refractivity contribution in [2.75, 3.05) is 11.5 Å². The van der Waals surface area contributed by atoms with Gasteiger partial charge in [0.05, 0.1) is 26.5 Å². The summed E-state index contributed by atoms with van der Waals surface area (Å²) in [6.45, 7) is 1.94. The van der Waals surface area contributed by atoms with E-state index >= 15 is 0 Å². The van der Waals surface area contributed by atoms with Crippen LogP contribution in [0, 0.1) is 0 Å². The van der Waals surface area contributed by atoms with E-state index in [0.717, 1.165) is 12.0 Å². The summed E-state index contributed by atoms with van der Waals surface area (Å²) in [7, 11) is -8.20. The number of sulfone groups is 1. The molecule has 1 rings (SSSR count). The summed E-state index contributed by atoms with van der Waals surface area (Å²) in [5, 5.41) is 0. The van der Waals surface area contributed by atoms with Gasteiger partial charge in [0.15, 0.2) is 9.84 Å². The molecule has 0 aliphatic carbocycles. The van der Waals surface area contributed by atoms with Gasteiger partial charge in [-0.05, 0) is 24.1 Å². The smallest absolute Gasteiger partial charge is 0.748 e. The molecule has 0 amide bonds. The van der Waals surface area contributed by atoms with Crippen molar-refractivity contribution in [3.8, 4) is 0 Å². The number of hydrogen-bond acceptors (Lipinski definition) is 5. The van der Waals surface area contributed by atoms with Gasteiger partial charge < -0.3 is 4.55 Å². The van der Waals surface area contributed by atoms with Gasteiger partial charge in [0, 0.05) is 0 Å². The van der Waals surface area contributed by atoms with Crippen molar-refractivity contribution in [3.05, 3.63) is 29.8 Å². The second-order valence-electron chi connectivity index (χ2n) is 3.58. The fraction of sp³-hybridized carbons (Fsp3) is 0.400. The predicted octanol–water partition coefficient (Wildman–Crippen LogP) is -2.43. The summed E-state index contributed by atoms with van der Waals surface area (Å²) < 4.78 is 54.5. The largest absolute Gasteiger partial charge is 1.00 e. The first-order valence-corrected chi connectivity index (χ1v) is 8.23. The Hall–Kier alpha value is 0.0800. The maximum absolute atomic E-state index is 11.7. The second kappa shape index (κ2) is 7.02. The van der Waals surface area contributed by atoms with Crippen LogP contribution in [0.1, 0.15) is 12.5 Å². The van der Waals surface area contributed by atoms with E-state index in [1.54, 1.807) is 12.1 Å². The Morgan fingerprint density at radius 1 is 1.00 bits per heavy atom. The average molecular weight is 300 g/mol. The van der Waals surface area contributed by atoms with Crippen LogP contribution in [0.15, 0.2) is 29.2 Å². The summed E-state index contributed by atoms with van der Waals surface area (Å²) in [4.78, 5) is 0.0401. The van der Waals surface area contributed by atoms with Gasteiger partial charge in [-0.25, -0.2) is 16.8 Å². The number of benzene rings is 1. The third-order valence-corrected chi connectivity index (χ3v) is 4.99. The van der Waals surface area contributed by atoms with Crippen molar-refractivity contribution in [2.24, 2.45) is 0 Å². The Labute approximate surface area is 130 Å². The molecule has 0 N–H and O–H groups in total. The standard InChI is InChI=1S/C10H14O5S2.Na/c1-2-9-3-5-10(6-4-9)16(11,12)7-8-17(13,14)15;/h3-6H,2,7-8H2,1H3,(H,13,14,15);/q;+1/p-1. The van der Waals surface area contributed by atoms with Gasteiger partial charge in [0.2, 0.25) is 0 Å². The van der Waals surface area contributed by atoms with Gasteiger partial charge in [-0.15, -0.1) is 0 Å². The summed E-state index contributed by atoms with van der Waals surface area (Å²) in [5.41, 5.74) is 0.986. The predicted molar refractivity (Wildman–Crippen MR) is 62.4 cm³/mol. The topological polar surface area (TPSA) is 91.3 Å². The van der Waals surface area contributed by atoms with Crippen molar-refractivity contribution in [2.45, 2.75) is 18.2 Å². The zero-order valence-corrected chi connectivity index (χ0v) is 13.9. The molecule has 0 heterocycles. The molecule has 0 aliphatic heterocycles. The minimum absolute atomic E-state index is 0. The summed E-state index contributed by atoms with van der Waals surface area (Å²) in [6, 6.07) is 6.17. The Morgan fingerprint density at radius 2 is 1.50 bits per heavy atom. The molecule has 1 aromatic carbocycles. The van der Waals surface area contributed by atoms with Crippen LogP contribution in [0.3, 0.4) is 0 Å². The van der Waals surface area contributed by atoms with E-state index in [0.29, 0.717) is 0 Å². The van der Waals surface area contributed by atoms with Crippen LogP contribution in [0.2, 0.25) is 0 Å². The molecule has 0 fully saturated rings. The molecule has 0 spiro atoms. The second-order valence-corrected chi connectivity index (χ2v) is 7.21. The molecule has 0 saturated carbocycles. The van der Waals surface area contributed by atoms with Crippen molar-refractivity contribution in [3.63, 3.8) is 0 Å². The number of aryl methyl sites for hydroxylation is 1. The van der Waals surface area contributed by atoms with E-state index in [4.69, 9.17) is 0 Å². The molecular weight excluding hydrogens is 287 g/mol. The van der Waals surface area contributed by atoms with Crippen LogP contribution in [-0.2, 0) is 26.4 Å². The average Bonchev–Trinajstić information content (AvgIpc) is 2.26. The van der Waals surface area contributed by atoms with Crippen LogP contribution in [0.25, 0.3) is 0 Å². The van der Waals surface area contributed by atoms with Gasteiger partial charge in [0.25, 0.3) is 0 Å². The molecule has 1 aromatic rings. The van der Waals surface area contributed by atoms with Gasteiger partial charge >= 0.3 is 29.6 Å². The van der Waals surface area contributed by atoms with Crippen molar-refractivity contribution < 1.29 is 50.9 Å². The normalized spacial score (nSPS) is 11.9. The molecular formula is C10H13NaO5S2. The van der Waals surface area contributed by atoms with Gasteiger partial charge in [-0.1, -0.05) is 19.1 Å². The molecule has 0 saturated heterocycles. The zero-order chi connectivity index (χ0) is 13.1. The number of hydrogen-bond donors (Lipinski definition) is 0. The van der Waals surface area contributed by atoms with Gasteiger partial charge in [0.1, 0.15) is 0 Å². The molecule has 96 valence electrons. The van der Waals surface area contributed by atoms with E-state index in [1.807, 2.05) is 6.92 Å². The third kappa shape index (κ3) is 5.81. The summed E-state index contributed by atoms with van der Waals surface area (Å²) in [5.74, 6) is -1.57. The molecule has 0 radical (unpaired) electrons. The van der Waals surface area contributed by atoms with E-state index in [9.17, 15) is 21.4 Å². The molecule has 0 aliphatic rings. The van der Waals surface area contributed by atoms with Crippen LogP contribution in [0.4, 0.5) is 0 Å². The first kappa shape index (κ1) is 18.1. The van der Waals surface area contributed by atoms with E-state index in [2.05, 4.69) is 0 Å². The molecule has 5 nitrogen and oxygen atoms in total. The Balaban J connectivity index is 0.00000289. The molecule has 0 aromatic heterocycles. The van der Waals surface area contributed by atoms with Crippen molar-refractivity contribution >= 4 is 20.0 Å². The molecule has 0 bridgehead atoms. The van der Waals surface area contributed by atoms with E-state index in [-0.39, 0.29) is 34.5 Å². The van der Waals surface area contributed by atoms with Gasteiger partial charge in [-0.3, -0.25) is 0 Å². The third-order valence-electron chi connectivity index (χ3n) is 2.29. The van der Waals surface area contributed by atoms with Crippen LogP contribution >= 0.6 is 0 Å². The fourth-order valence-corrected chi connectivity index (χ4v) is 3.74. The maximum Gasteiger partial charge on any atom is 1.00 e. The molecule has 0 atom stereocenters. The van der Waals surface area contributed by atoms with E-state index in [1.165, 1.54) is 12.1 Å². The Kier molecular flexibility index (Phi) is 7.05.